The molecule has 0 saturated heterocycles. The number of carbonyl (C=O) groups is 1. The summed E-state index contributed by atoms with van der Waals surface area (Å²) in [5.41, 5.74) is 5.69. The lowest BCUT2D eigenvalue weighted by molar-refractivity contribution is -0.0994. The van der Waals surface area contributed by atoms with Crippen molar-refractivity contribution in [2.24, 2.45) is 28.1 Å². The monoisotopic (exact) mass is 448 g/mol. The number of allylic oxidation sites excluding steroid dienone is 4. The van der Waals surface area contributed by atoms with Gasteiger partial charge in [-0.05, 0) is 97.8 Å². The van der Waals surface area contributed by atoms with Crippen molar-refractivity contribution in [1.82, 2.24) is 0 Å². The number of hydrogen-bond donors (Lipinski definition) is 1. The van der Waals surface area contributed by atoms with Gasteiger partial charge in [-0.2, -0.15) is 0 Å². The maximum Gasteiger partial charge on any atom is 0.338 e. The van der Waals surface area contributed by atoms with Gasteiger partial charge in [-0.1, -0.05) is 57.5 Å². The van der Waals surface area contributed by atoms with E-state index in [0.29, 0.717) is 17.4 Å². The molecule has 33 heavy (non-hydrogen) atoms. The molecule has 3 nitrogen and oxygen atoms in total. The molecule has 6 atom stereocenters. The van der Waals surface area contributed by atoms with Crippen molar-refractivity contribution in [3.8, 4) is 0 Å². The third-order valence-corrected chi connectivity index (χ3v) is 10.2. The predicted molar refractivity (Wildman–Crippen MR) is 132 cm³/mol. The Hall–Kier alpha value is -1.87. The van der Waals surface area contributed by atoms with Crippen LogP contribution in [0.4, 0.5) is 0 Å². The van der Waals surface area contributed by atoms with Crippen LogP contribution in [-0.4, -0.2) is 23.3 Å². The Morgan fingerprint density at radius 2 is 1.76 bits per heavy atom. The molecule has 3 heteroatoms. The van der Waals surface area contributed by atoms with E-state index in [1.807, 2.05) is 37.3 Å². The number of benzene rings is 1. The molecule has 0 heterocycles. The number of aliphatic hydroxyl groups excluding tert-OH is 1. The van der Waals surface area contributed by atoms with E-state index in [-0.39, 0.29) is 34.4 Å². The molecule has 1 N–H and O–H groups in total. The Balaban J connectivity index is 1.42. The molecule has 4 aliphatic carbocycles. The summed E-state index contributed by atoms with van der Waals surface area (Å²) in [5, 5.41) is 10.5. The first-order valence-electron chi connectivity index (χ1n) is 13.0. The molecule has 0 aliphatic heterocycles. The van der Waals surface area contributed by atoms with Gasteiger partial charge in [-0.15, -0.1) is 0 Å². The van der Waals surface area contributed by atoms with E-state index in [0.717, 1.165) is 44.9 Å². The van der Waals surface area contributed by atoms with Crippen molar-refractivity contribution in [3.63, 3.8) is 0 Å². The van der Waals surface area contributed by atoms with Crippen molar-refractivity contribution in [1.29, 1.82) is 0 Å². The number of esters is 1. The number of aliphatic hydroxyl groups is 1. The standard InChI is InChI=1S/C30H40O3/c1-19(31)22-12-13-23-21-11-14-25-28(2,3)26(33-27(32)20-9-7-6-8-10-20)16-18-30(25,5)24(21)15-17-29(22,23)4/h6-10,13,19,22,25-26,31H,11-12,14-18H2,1-5H3/t19?,22-,25?,26?,29-,30-/m1/s1. The molecule has 1 aromatic rings. The fourth-order valence-electron chi connectivity index (χ4n) is 8.41. The number of fused-ring (bicyclic) bond motifs is 4. The minimum absolute atomic E-state index is 0.0513. The lowest BCUT2D eigenvalue weighted by Gasteiger charge is -2.59. The summed E-state index contributed by atoms with van der Waals surface area (Å²) in [6.45, 7) is 11.5. The van der Waals surface area contributed by atoms with Crippen LogP contribution in [0.5, 0.6) is 0 Å². The van der Waals surface area contributed by atoms with E-state index in [4.69, 9.17) is 4.74 Å². The zero-order chi connectivity index (χ0) is 23.6. The number of carbonyl (C=O) groups excluding carboxylic acids is 1. The fraction of sp³-hybridized carbons (Fsp3) is 0.633. The summed E-state index contributed by atoms with van der Waals surface area (Å²) in [7, 11) is 0. The van der Waals surface area contributed by atoms with E-state index in [1.165, 1.54) is 0 Å². The third-order valence-electron chi connectivity index (χ3n) is 10.2. The molecule has 0 spiro atoms. The molecule has 5 rings (SSSR count). The Kier molecular flexibility index (Phi) is 5.44. The van der Waals surface area contributed by atoms with Gasteiger partial charge >= 0.3 is 5.97 Å². The highest BCUT2D eigenvalue weighted by molar-refractivity contribution is 5.89. The average Bonchev–Trinajstić information content (AvgIpc) is 3.14. The van der Waals surface area contributed by atoms with Crippen LogP contribution in [0.1, 0.15) is 89.9 Å². The van der Waals surface area contributed by atoms with Crippen LogP contribution in [0, 0.1) is 28.1 Å². The van der Waals surface area contributed by atoms with Gasteiger partial charge in [-0.3, -0.25) is 0 Å². The smallest absolute Gasteiger partial charge is 0.338 e. The summed E-state index contributed by atoms with van der Waals surface area (Å²) in [6.07, 6.45) is 9.69. The summed E-state index contributed by atoms with van der Waals surface area (Å²) in [5.74, 6) is 0.656. The topological polar surface area (TPSA) is 46.5 Å². The highest BCUT2D eigenvalue weighted by Gasteiger charge is 2.58. The summed E-state index contributed by atoms with van der Waals surface area (Å²) in [4.78, 5) is 12.9. The Morgan fingerprint density at radius 1 is 1.03 bits per heavy atom. The van der Waals surface area contributed by atoms with Crippen molar-refractivity contribution in [2.45, 2.75) is 91.8 Å². The van der Waals surface area contributed by atoms with Gasteiger partial charge in [0.15, 0.2) is 0 Å². The minimum Gasteiger partial charge on any atom is -0.458 e. The number of hydrogen-bond acceptors (Lipinski definition) is 3. The van der Waals surface area contributed by atoms with Crippen LogP contribution >= 0.6 is 0 Å². The second kappa shape index (κ2) is 7.83. The van der Waals surface area contributed by atoms with Crippen LogP contribution in [0.2, 0.25) is 0 Å². The van der Waals surface area contributed by atoms with Gasteiger partial charge < -0.3 is 9.84 Å². The summed E-state index contributed by atoms with van der Waals surface area (Å²) in [6, 6.07) is 9.40. The van der Waals surface area contributed by atoms with E-state index < -0.39 is 0 Å². The first kappa shape index (κ1) is 22.9. The van der Waals surface area contributed by atoms with Gasteiger partial charge in [0.05, 0.1) is 11.7 Å². The number of rotatable bonds is 3. The zero-order valence-corrected chi connectivity index (χ0v) is 21.0. The van der Waals surface area contributed by atoms with Gasteiger partial charge in [0.1, 0.15) is 6.10 Å². The Morgan fingerprint density at radius 3 is 2.45 bits per heavy atom. The Labute approximate surface area is 199 Å². The molecule has 0 amide bonds. The Bertz CT molecular complexity index is 1000. The predicted octanol–water partition coefficient (Wildman–Crippen LogP) is 6.87. The number of ether oxygens (including phenoxy) is 1. The van der Waals surface area contributed by atoms with E-state index in [1.54, 1.807) is 16.7 Å². The molecule has 178 valence electrons. The maximum absolute atomic E-state index is 12.9. The normalized spacial score (nSPS) is 38.0. The molecule has 3 unspecified atom stereocenters. The van der Waals surface area contributed by atoms with Crippen LogP contribution in [0.25, 0.3) is 0 Å². The summed E-state index contributed by atoms with van der Waals surface area (Å²) < 4.78 is 6.15. The molecule has 1 aromatic carbocycles. The van der Waals surface area contributed by atoms with E-state index in [2.05, 4.69) is 33.8 Å². The van der Waals surface area contributed by atoms with Crippen LogP contribution in [-0.2, 0) is 4.74 Å². The molecule has 4 aliphatic rings. The largest absolute Gasteiger partial charge is 0.458 e. The zero-order valence-electron chi connectivity index (χ0n) is 21.0. The molecular weight excluding hydrogens is 408 g/mol. The minimum atomic E-state index is -0.258. The van der Waals surface area contributed by atoms with Crippen molar-refractivity contribution in [3.05, 3.63) is 58.7 Å². The van der Waals surface area contributed by atoms with Gasteiger partial charge in [-0.25, -0.2) is 4.79 Å². The first-order chi connectivity index (χ1) is 15.6. The van der Waals surface area contributed by atoms with Gasteiger partial charge in [0, 0.05) is 5.41 Å². The van der Waals surface area contributed by atoms with Crippen LogP contribution < -0.4 is 0 Å². The molecular formula is C30H40O3. The molecule has 1 fully saturated rings. The maximum atomic E-state index is 12.9. The second-order valence-electron chi connectivity index (χ2n) is 12.2. The first-order valence-corrected chi connectivity index (χ1v) is 13.0. The molecule has 0 bridgehead atoms. The molecule has 1 saturated carbocycles. The molecule has 0 aromatic heterocycles. The highest BCUT2D eigenvalue weighted by atomic mass is 16.5. The SMILES string of the molecule is CC(O)[C@H]1CC=C2C3=C(CC[C@@]21C)[C@@]1(C)CCC(OC(=O)c2ccccc2)C(C)(C)C1CC3. The van der Waals surface area contributed by atoms with Crippen LogP contribution in [0.15, 0.2) is 53.1 Å². The van der Waals surface area contributed by atoms with E-state index >= 15 is 0 Å². The van der Waals surface area contributed by atoms with Gasteiger partial charge in [0.25, 0.3) is 0 Å². The average molecular weight is 449 g/mol. The highest BCUT2D eigenvalue weighted by Crippen LogP contribution is 2.66. The van der Waals surface area contributed by atoms with Crippen molar-refractivity contribution < 1.29 is 14.6 Å². The van der Waals surface area contributed by atoms with Gasteiger partial charge in [0.2, 0.25) is 0 Å². The van der Waals surface area contributed by atoms with Crippen LogP contribution in [0.3, 0.4) is 0 Å². The lowest BCUT2D eigenvalue weighted by Crippen LogP contribution is -2.54. The third kappa shape index (κ3) is 3.37. The fourth-order valence-corrected chi connectivity index (χ4v) is 8.41. The van der Waals surface area contributed by atoms with Crippen molar-refractivity contribution >= 4 is 5.97 Å². The quantitative estimate of drug-likeness (QED) is 0.513. The lowest BCUT2D eigenvalue weighted by atomic mass is 9.46. The van der Waals surface area contributed by atoms with Crippen molar-refractivity contribution in [2.75, 3.05) is 0 Å². The summed E-state index contributed by atoms with van der Waals surface area (Å²) >= 11 is 0. The van der Waals surface area contributed by atoms with E-state index in [9.17, 15) is 9.90 Å². The molecule has 0 radical (unpaired) electrons. The second-order valence-corrected chi connectivity index (χ2v) is 12.2.